The van der Waals surface area contributed by atoms with Gasteiger partial charge in [-0.3, -0.25) is 9.59 Å². The van der Waals surface area contributed by atoms with Crippen molar-refractivity contribution in [3.63, 3.8) is 0 Å². The highest BCUT2D eigenvalue weighted by atomic mass is 19.1. The first-order valence-electron chi connectivity index (χ1n) is 6.04. The lowest BCUT2D eigenvalue weighted by molar-refractivity contribution is -0.147. The number of amides is 2. The van der Waals surface area contributed by atoms with Crippen molar-refractivity contribution in [1.29, 1.82) is 0 Å². The van der Waals surface area contributed by atoms with E-state index in [4.69, 9.17) is 0 Å². The molecule has 112 valence electrons. The van der Waals surface area contributed by atoms with E-state index < -0.39 is 47.6 Å². The molecule has 8 heteroatoms. The van der Waals surface area contributed by atoms with Gasteiger partial charge in [0.25, 0.3) is 5.91 Å². The van der Waals surface area contributed by atoms with Crippen LogP contribution in [-0.2, 0) is 14.3 Å². The molecule has 1 unspecified atom stereocenters. The number of halogens is 2. The normalized spacial score (nSPS) is 18.1. The van der Waals surface area contributed by atoms with Crippen LogP contribution in [0.1, 0.15) is 10.4 Å². The predicted octanol–water partition coefficient (Wildman–Crippen LogP) is 0.0784. The van der Waals surface area contributed by atoms with Gasteiger partial charge in [-0.1, -0.05) is 0 Å². The molecule has 1 aliphatic heterocycles. The molecular weight excluding hydrogens is 286 g/mol. The van der Waals surface area contributed by atoms with Crippen LogP contribution in [0.3, 0.4) is 0 Å². The van der Waals surface area contributed by atoms with E-state index in [0.29, 0.717) is 6.07 Å². The molecule has 2 rings (SSSR count). The molecular formula is C13H12F2N2O4. The monoisotopic (exact) mass is 298 g/mol. The summed E-state index contributed by atoms with van der Waals surface area (Å²) in [5.41, 5.74) is -0.417. The van der Waals surface area contributed by atoms with Gasteiger partial charge in [0.1, 0.15) is 24.2 Å². The van der Waals surface area contributed by atoms with Crippen molar-refractivity contribution in [2.45, 2.75) is 6.04 Å². The third-order valence-corrected chi connectivity index (χ3v) is 3.08. The van der Waals surface area contributed by atoms with Crippen LogP contribution in [0.4, 0.5) is 8.78 Å². The minimum absolute atomic E-state index is 0.125. The van der Waals surface area contributed by atoms with Crippen LogP contribution in [0.25, 0.3) is 0 Å². The first-order chi connectivity index (χ1) is 9.93. The highest BCUT2D eigenvalue weighted by Gasteiger charge is 2.37. The molecule has 0 bridgehead atoms. The van der Waals surface area contributed by atoms with Crippen molar-refractivity contribution in [1.82, 2.24) is 10.2 Å². The zero-order chi connectivity index (χ0) is 15.6. The Hall–Kier alpha value is -2.51. The van der Waals surface area contributed by atoms with Crippen LogP contribution in [-0.4, -0.2) is 48.9 Å². The number of rotatable bonds is 2. The fourth-order valence-corrected chi connectivity index (χ4v) is 2.02. The molecule has 0 aromatic heterocycles. The van der Waals surface area contributed by atoms with E-state index in [1.54, 1.807) is 0 Å². The fraction of sp³-hybridized carbons (Fsp3) is 0.308. The molecule has 0 radical (unpaired) electrons. The number of nitrogens with one attached hydrogen (secondary N) is 1. The molecule has 1 saturated heterocycles. The molecule has 6 nitrogen and oxygen atoms in total. The fourth-order valence-electron chi connectivity index (χ4n) is 2.02. The number of ether oxygens (including phenoxy) is 1. The molecule has 1 atom stereocenters. The second-order valence-corrected chi connectivity index (χ2v) is 4.40. The summed E-state index contributed by atoms with van der Waals surface area (Å²) < 4.78 is 31.1. The molecule has 0 aliphatic carbocycles. The van der Waals surface area contributed by atoms with Gasteiger partial charge in [0.15, 0.2) is 0 Å². The third-order valence-electron chi connectivity index (χ3n) is 3.08. The molecule has 21 heavy (non-hydrogen) atoms. The summed E-state index contributed by atoms with van der Waals surface area (Å²) in [6.45, 7) is -0.532. The van der Waals surface area contributed by atoms with Crippen molar-refractivity contribution in [2.24, 2.45) is 0 Å². The second kappa shape index (κ2) is 5.86. The summed E-state index contributed by atoms with van der Waals surface area (Å²) in [5, 5.41) is 2.42. The van der Waals surface area contributed by atoms with E-state index >= 15 is 0 Å². The van der Waals surface area contributed by atoms with Crippen molar-refractivity contribution in [2.75, 3.05) is 20.2 Å². The summed E-state index contributed by atoms with van der Waals surface area (Å²) in [6.07, 6.45) is 0. The highest BCUT2D eigenvalue weighted by molar-refractivity contribution is 6.00. The van der Waals surface area contributed by atoms with Gasteiger partial charge >= 0.3 is 5.97 Å². The Morgan fingerprint density at radius 1 is 1.38 bits per heavy atom. The minimum atomic E-state index is -1.06. The number of benzene rings is 1. The lowest BCUT2D eigenvalue weighted by Crippen LogP contribution is -2.59. The number of esters is 1. The smallest absolute Gasteiger partial charge is 0.330 e. The molecule has 1 N–H and O–H groups in total. The molecule has 1 aromatic rings. The molecule has 1 fully saturated rings. The van der Waals surface area contributed by atoms with Gasteiger partial charge in [0, 0.05) is 12.6 Å². The van der Waals surface area contributed by atoms with E-state index in [0.717, 1.165) is 24.1 Å². The zero-order valence-electron chi connectivity index (χ0n) is 11.1. The highest BCUT2D eigenvalue weighted by Crippen LogP contribution is 2.16. The quantitative estimate of drug-likeness (QED) is 0.785. The van der Waals surface area contributed by atoms with Crippen LogP contribution in [0.15, 0.2) is 18.2 Å². The molecule has 1 heterocycles. The second-order valence-electron chi connectivity index (χ2n) is 4.40. The van der Waals surface area contributed by atoms with E-state index in [-0.39, 0.29) is 6.54 Å². The summed E-state index contributed by atoms with van der Waals surface area (Å²) in [5.74, 6) is -3.98. The first kappa shape index (κ1) is 14.9. The SMILES string of the molecule is COC(=O)C1CNC(=O)CN1C(=O)c1ccc(F)cc1F. The van der Waals surface area contributed by atoms with Crippen molar-refractivity contribution in [3.8, 4) is 0 Å². The van der Waals surface area contributed by atoms with E-state index in [1.165, 1.54) is 0 Å². The lowest BCUT2D eigenvalue weighted by Gasteiger charge is -2.33. The predicted molar refractivity (Wildman–Crippen MR) is 66.2 cm³/mol. The Morgan fingerprint density at radius 3 is 2.71 bits per heavy atom. The van der Waals surface area contributed by atoms with Crippen molar-refractivity contribution >= 4 is 17.8 Å². The maximum atomic E-state index is 13.7. The van der Waals surface area contributed by atoms with E-state index in [1.807, 2.05) is 0 Å². The molecule has 2 amide bonds. The summed E-state index contributed by atoms with van der Waals surface area (Å²) in [4.78, 5) is 36.2. The van der Waals surface area contributed by atoms with Gasteiger partial charge in [-0.25, -0.2) is 13.6 Å². The molecule has 1 aromatic carbocycles. The van der Waals surface area contributed by atoms with Gasteiger partial charge < -0.3 is 15.0 Å². The topological polar surface area (TPSA) is 75.7 Å². The minimum Gasteiger partial charge on any atom is -0.467 e. The zero-order valence-corrected chi connectivity index (χ0v) is 11.1. The van der Waals surface area contributed by atoms with Crippen LogP contribution >= 0.6 is 0 Å². The first-order valence-corrected chi connectivity index (χ1v) is 6.04. The number of piperazine rings is 1. The molecule has 0 saturated carbocycles. The van der Waals surface area contributed by atoms with Crippen molar-refractivity contribution in [3.05, 3.63) is 35.4 Å². The van der Waals surface area contributed by atoms with Crippen LogP contribution in [0.2, 0.25) is 0 Å². The Balaban J connectivity index is 2.33. The number of hydrogen-bond acceptors (Lipinski definition) is 4. The number of nitrogens with zero attached hydrogens (tertiary/aromatic N) is 1. The number of hydrogen-bond donors (Lipinski definition) is 1. The number of carbonyl (C=O) groups excluding carboxylic acids is 3. The lowest BCUT2D eigenvalue weighted by atomic mass is 10.1. The molecule has 0 spiro atoms. The van der Waals surface area contributed by atoms with Gasteiger partial charge in [-0.15, -0.1) is 0 Å². The number of carbonyl (C=O) groups is 3. The van der Waals surface area contributed by atoms with Crippen LogP contribution in [0.5, 0.6) is 0 Å². The van der Waals surface area contributed by atoms with E-state index in [2.05, 4.69) is 10.1 Å². The van der Waals surface area contributed by atoms with Gasteiger partial charge in [0.05, 0.1) is 12.7 Å². The van der Waals surface area contributed by atoms with Gasteiger partial charge in [0.2, 0.25) is 5.91 Å². The van der Waals surface area contributed by atoms with E-state index in [9.17, 15) is 23.2 Å². The maximum Gasteiger partial charge on any atom is 0.330 e. The Bertz CT molecular complexity index is 606. The summed E-state index contributed by atoms with van der Waals surface area (Å²) in [7, 11) is 1.14. The third kappa shape index (κ3) is 2.99. The molecule has 1 aliphatic rings. The Morgan fingerprint density at radius 2 is 2.10 bits per heavy atom. The van der Waals surface area contributed by atoms with Crippen LogP contribution < -0.4 is 5.32 Å². The van der Waals surface area contributed by atoms with Gasteiger partial charge in [-0.2, -0.15) is 0 Å². The Labute approximate surface area is 118 Å². The Kier molecular flexibility index (Phi) is 4.15. The largest absolute Gasteiger partial charge is 0.467 e. The summed E-state index contributed by atoms with van der Waals surface area (Å²) in [6, 6.07) is 1.40. The average molecular weight is 298 g/mol. The summed E-state index contributed by atoms with van der Waals surface area (Å²) >= 11 is 0. The number of methoxy groups -OCH3 is 1. The van der Waals surface area contributed by atoms with Crippen LogP contribution in [0, 0.1) is 11.6 Å². The van der Waals surface area contributed by atoms with Crippen molar-refractivity contribution < 1.29 is 27.9 Å². The average Bonchev–Trinajstić information content (AvgIpc) is 2.45. The van der Waals surface area contributed by atoms with Gasteiger partial charge in [-0.05, 0) is 12.1 Å². The standard InChI is InChI=1S/C13H12F2N2O4/c1-21-13(20)10-5-16-11(18)6-17(10)12(19)8-3-2-7(14)4-9(8)15/h2-4,10H,5-6H2,1H3,(H,16,18). The maximum absolute atomic E-state index is 13.7.